The molecule has 8 fully saturated rings. The van der Waals surface area contributed by atoms with Crippen LogP contribution in [0.15, 0.2) is 0 Å². The Morgan fingerprint density at radius 3 is 1.74 bits per heavy atom. The molecule has 0 N–H and O–H groups in total. The van der Waals surface area contributed by atoms with E-state index in [9.17, 15) is 9.59 Å². The fourth-order valence-electron chi connectivity index (χ4n) is 9.46. The number of esters is 2. The third-order valence-corrected chi connectivity index (χ3v) is 9.07. The first-order valence-corrected chi connectivity index (χ1v) is 8.01. The molecule has 3 nitrogen and oxygen atoms in total. The Bertz CT molecular complexity index is 559. The quantitative estimate of drug-likeness (QED) is 0.488. The van der Waals surface area contributed by atoms with E-state index in [0.29, 0.717) is 22.7 Å². The molecule has 8 rings (SSSR count). The Hall–Kier alpha value is -0.860. The summed E-state index contributed by atoms with van der Waals surface area (Å²) in [6.07, 6.45) is 5.41. The minimum Gasteiger partial charge on any atom is -0.393 e. The van der Waals surface area contributed by atoms with Crippen LogP contribution in [0.4, 0.5) is 0 Å². The Kier molecular flexibility index (Phi) is 1.01. The normalized spacial score (nSPS) is 75.6. The van der Waals surface area contributed by atoms with Crippen molar-refractivity contribution in [3.8, 4) is 0 Å². The topological polar surface area (TPSA) is 43.4 Å². The maximum absolute atomic E-state index is 12.1. The average molecular weight is 256 g/mol. The highest BCUT2D eigenvalue weighted by atomic mass is 16.6. The van der Waals surface area contributed by atoms with Gasteiger partial charge in [0.2, 0.25) is 0 Å². The van der Waals surface area contributed by atoms with Crippen LogP contribution in [-0.4, -0.2) is 11.9 Å². The summed E-state index contributed by atoms with van der Waals surface area (Å²) in [5, 5.41) is 0. The molecule has 0 aromatic carbocycles. The molecule has 1 heterocycles. The van der Waals surface area contributed by atoms with Crippen molar-refractivity contribution in [2.24, 2.45) is 58.2 Å². The molecule has 0 radical (unpaired) electrons. The average Bonchev–Trinajstić information content (AvgIpc) is 2.64. The molecule has 98 valence electrons. The van der Waals surface area contributed by atoms with Crippen molar-refractivity contribution >= 4 is 11.9 Å². The van der Waals surface area contributed by atoms with Gasteiger partial charge in [0.05, 0.1) is 11.8 Å². The van der Waals surface area contributed by atoms with Gasteiger partial charge in [-0.15, -0.1) is 0 Å². The third kappa shape index (κ3) is 0.494. The number of hydrogen-bond acceptors (Lipinski definition) is 3. The molecule has 0 aromatic heterocycles. The summed E-state index contributed by atoms with van der Waals surface area (Å²) < 4.78 is 5.06. The van der Waals surface area contributed by atoms with Crippen molar-refractivity contribution in [1.29, 1.82) is 0 Å². The maximum atomic E-state index is 12.1. The molecule has 3 heteroatoms. The van der Waals surface area contributed by atoms with Gasteiger partial charge in [-0.25, -0.2) is 0 Å². The van der Waals surface area contributed by atoms with E-state index in [1.54, 1.807) is 0 Å². The van der Waals surface area contributed by atoms with Gasteiger partial charge in [0.25, 0.3) is 0 Å². The molecule has 0 amide bonds. The molecule has 2 spiro atoms. The van der Waals surface area contributed by atoms with E-state index in [-0.39, 0.29) is 23.8 Å². The van der Waals surface area contributed by atoms with Crippen LogP contribution >= 0.6 is 0 Å². The number of cyclic esters (lactones) is 2. The molecule has 0 unspecified atom stereocenters. The lowest BCUT2D eigenvalue weighted by Gasteiger charge is -3.04. The van der Waals surface area contributed by atoms with E-state index in [1.165, 1.54) is 25.7 Å². The van der Waals surface area contributed by atoms with Gasteiger partial charge in [0.1, 0.15) is 0 Å². The summed E-state index contributed by atoms with van der Waals surface area (Å²) in [4.78, 5) is 24.3. The van der Waals surface area contributed by atoms with Gasteiger partial charge in [-0.1, -0.05) is 12.8 Å². The van der Waals surface area contributed by atoms with Crippen LogP contribution in [0.1, 0.15) is 25.7 Å². The lowest BCUT2D eigenvalue weighted by Crippen LogP contribution is -3.02. The minimum atomic E-state index is -0.161. The summed E-state index contributed by atoms with van der Waals surface area (Å²) >= 11 is 0. The fraction of sp³-hybridized carbons (Fsp3) is 0.875. The van der Waals surface area contributed by atoms with Crippen molar-refractivity contribution in [3.63, 3.8) is 0 Å². The Labute approximate surface area is 111 Å². The van der Waals surface area contributed by atoms with Crippen LogP contribution in [0.3, 0.4) is 0 Å². The zero-order valence-corrected chi connectivity index (χ0v) is 10.7. The van der Waals surface area contributed by atoms with E-state index in [0.717, 1.165) is 23.7 Å². The first-order chi connectivity index (χ1) is 9.25. The van der Waals surface area contributed by atoms with Crippen LogP contribution in [0.25, 0.3) is 0 Å². The maximum Gasteiger partial charge on any atom is 0.317 e. The number of ether oxygens (including phenoxy) is 1. The molecular weight excluding hydrogens is 240 g/mol. The monoisotopic (exact) mass is 256 g/mol. The van der Waals surface area contributed by atoms with Gasteiger partial charge in [0.15, 0.2) is 0 Å². The minimum absolute atomic E-state index is 0.0255. The van der Waals surface area contributed by atoms with E-state index in [1.807, 2.05) is 0 Å². The summed E-state index contributed by atoms with van der Waals surface area (Å²) in [6, 6.07) is 0. The molecule has 1 aliphatic heterocycles. The molecule has 10 atom stereocenters. The Morgan fingerprint density at radius 1 is 0.789 bits per heavy atom. The molecule has 2 bridgehead atoms. The number of carbonyl (C=O) groups is 2. The smallest absolute Gasteiger partial charge is 0.317 e. The lowest BCUT2D eigenvalue weighted by molar-refractivity contribution is -0.581. The summed E-state index contributed by atoms with van der Waals surface area (Å²) in [5.74, 6) is 4.27. The predicted molar refractivity (Wildman–Crippen MR) is 62.4 cm³/mol. The van der Waals surface area contributed by atoms with Crippen LogP contribution in [-0.2, 0) is 14.3 Å². The van der Waals surface area contributed by atoms with Gasteiger partial charge < -0.3 is 4.74 Å². The van der Waals surface area contributed by atoms with Gasteiger partial charge in [-0.2, -0.15) is 0 Å². The summed E-state index contributed by atoms with van der Waals surface area (Å²) in [6.45, 7) is 0. The van der Waals surface area contributed by atoms with E-state index in [2.05, 4.69) is 0 Å². The number of carbonyl (C=O) groups excluding carboxylic acids is 2. The van der Waals surface area contributed by atoms with Crippen LogP contribution in [0.2, 0.25) is 0 Å². The lowest BCUT2D eigenvalue weighted by atomic mass is 8.99. The summed E-state index contributed by atoms with van der Waals surface area (Å²) in [7, 11) is 0. The van der Waals surface area contributed by atoms with E-state index >= 15 is 0 Å². The second kappa shape index (κ2) is 2.10. The van der Waals surface area contributed by atoms with Gasteiger partial charge in [-0.05, 0) is 59.2 Å². The largest absolute Gasteiger partial charge is 0.393 e. The molecule has 19 heavy (non-hydrogen) atoms. The molecular formula is C16H16O3. The highest BCUT2D eigenvalue weighted by Crippen LogP contribution is 3.05. The van der Waals surface area contributed by atoms with Crippen molar-refractivity contribution < 1.29 is 14.3 Å². The number of rotatable bonds is 0. The van der Waals surface area contributed by atoms with Crippen LogP contribution in [0, 0.1) is 58.2 Å². The van der Waals surface area contributed by atoms with Gasteiger partial charge in [0, 0.05) is 0 Å². The first kappa shape index (κ1) is 9.15. The van der Waals surface area contributed by atoms with Crippen molar-refractivity contribution in [2.45, 2.75) is 25.7 Å². The third-order valence-electron chi connectivity index (χ3n) is 9.07. The first-order valence-electron chi connectivity index (χ1n) is 8.01. The van der Waals surface area contributed by atoms with Crippen LogP contribution < -0.4 is 0 Å². The van der Waals surface area contributed by atoms with Crippen molar-refractivity contribution in [1.82, 2.24) is 0 Å². The predicted octanol–water partition coefficient (Wildman–Crippen LogP) is 1.61. The zero-order valence-electron chi connectivity index (χ0n) is 10.7. The zero-order chi connectivity index (χ0) is 12.3. The second-order valence-electron chi connectivity index (χ2n) is 8.34. The summed E-state index contributed by atoms with van der Waals surface area (Å²) in [5.41, 5.74) is 1.01. The standard InChI is InChI=1S/C16H16O3/c17-13-7-8(14(18)19-13)10-6-5-9(7)15-3-1-2-4-16(10,15)12(6)11(5)15/h5-12H,1-4H2/t5-,6+,7-,8-,9-,10-,11+,12-,15+,16-/m1/s1. The molecule has 1 saturated heterocycles. The van der Waals surface area contributed by atoms with E-state index in [4.69, 9.17) is 4.74 Å². The molecule has 7 aliphatic carbocycles. The van der Waals surface area contributed by atoms with Gasteiger partial charge >= 0.3 is 11.9 Å². The molecule has 8 aliphatic rings. The second-order valence-corrected chi connectivity index (χ2v) is 8.34. The van der Waals surface area contributed by atoms with Crippen LogP contribution in [0.5, 0.6) is 0 Å². The highest BCUT2D eigenvalue weighted by molar-refractivity contribution is 5.98. The number of hydrogen-bond donors (Lipinski definition) is 0. The highest BCUT2D eigenvalue weighted by Gasteiger charge is 3.03. The van der Waals surface area contributed by atoms with Gasteiger partial charge in [-0.3, -0.25) is 9.59 Å². The SMILES string of the molecule is O=C1OC(=O)[C@@H]2[C@@H]1[C@H]1[C@@H]3[C@@H]4[C@H]2[C@]25CCCC[C@]12[C@H]3[C@H]45. The van der Waals surface area contributed by atoms with Crippen molar-refractivity contribution in [2.75, 3.05) is 0 Å². The molecule has 0 aromatic rings. The molecule has 7 saturated carbocycles. The van der Waals surface area contributed by atoms with E-state index < -0.39 is 0 Å². The van der Waals surface area contributed by atoms with Crippen molar-refractivity contribution in [3.05, 3.63) is 0 Å². The fourth-order valence-corrected chi connectivity index (χ4v) is 9.46. The Morgan fingerprint density at radius 2 is 1.26 bits per heavy atom. The Balaban J connectivity index is 1.51.